The first-order valence-corrected chi connectivity index (χ1v) is 17.9. The highest BCUT2D eigenvalue weighted by Crippen LogP contribution is 2.42. The van der Waals surface area contributed by atoms with E-state index >= 15 is 0 Å². The van der Waals surface area contributed by atoms with Gasteiger partial charge in [-0.15, -0.1) is 0 Å². The van der Waals surface area contributed by atoms with Gasteiger partial charge in [-0.3, -0.25) is 14.4 Å². The molecule has 1 N–H and O–H groups in total. The maximum atomic E-state index is 14.2. The molecule has 0 saturated carbocycles. The summed E-state index contributed by atoms with van der Waals surface area (Å²) < 4.78 is 42.4. The van der Waals surface area contributed by atoms with Gasteiger partial charge in [-0.05, 0) is 60.2 Å². The number of nitrogens with zero attached hydrogens (tertiary/aromatic N) is 1. The fourth-order valence-corrected chi connectivity index (χ4v) is 8.11. The Morgan fingerprint density at radius 3 is 2.18 bits per heavy atom. The number of carbonyl (C=O) groups excluding carboxylic acids is 4. The van der Waals surface area contributed by atoms with Gasteiger partial charge in [0.15, 0.2) is 23.8 Å². The molecular weight excluding hydrogens is 662 g/mol. The minimum atomic E-state index is -1.47. The van der Waals surface area contributed by atoms with E-state index in [4.69, 9.17) is 33.2 Å². The van der Waals surface area contributed by atoms with Crippen LogP contribution in [0.5, 0.6) is 0 Å². The lowest BCUT2D eigenvalue weighted by Crippen LogP contribution is -2.65. The number of esters is 1. The fourth-order valence-electron chi connectivity index (χ4n) is 8.11. The lowest BCUT2D eigenvalue weighted by atomic mass is 9.74. The van der Waals surface area contributed by atoms with Crippen LogP contribution in [0.3, 0.4) is 0 Å². The average Bonchev–Trinajstić information content (AvgIpc) is 3.41. The largest absolute Gasteiger partial charge is 0.509 e. The van der Waals surface area contributed by atoms with E-state index in [1.807, 2.05) is 56.3 Å². The number of fused-ring (bicyclic) bond motifs is 1. The Hall–Kier alpha value is -2.94. The Morgan fingerprint density at radius 1 is 0.941 bits per heavy atom. The normalized spacial score (nSPS) is 41.4. The molecule has 0 bridgehead atoms. The van der Waals surface area contributed by atoms with Gasteiger partial charge in [-0.25, -0.2) is 4.79 Å². The summed E-state index contributed by atoms with van der Waals surface area (Å²) in [4.78, 5) is 56.2. The van der Waals surface area contributed by atoms with Crippen LogP contribution in [0.25, 0.3) is 0 Å². The van der Waals surface area contributed by atoms with Crippen molar-refractivity contribution in [2.24, 2.45) is 23.7 Å². The number of Topliss-reactive ketones (excluding diaryl/α,β-unsaturated/α-hetero) is 2. The smallest absolute Gasteiger partial charge is 0.457 e. The molecule has 1 aromatic carbocycles. The first-order chi connectivity index (χ1) is 23.9. The van der Waals surface area contributed by atoms with Crippen LogP contribution < -0.4 is 0 Å². The summed E-state index contributed by atoms with van der Waals surface area (Å²) in [5.41, 5.74) is -1.81. The highest BCUT2D eigenvalue weighted by Gasteiger charge is 2.59. The zero-order valence-electron chi connectivity index (χ0n) is 31.8. The fraction of sp³-hybridized carbons (Fsp3) is 0.737. The van der Waals surface area contributed by atoms with Crippen molar-refractivity contribution in [2.75, 3.05) is 21.2 Å². The van der Waals surface area contributed by atoms with E-state index in [2.05, 4.69) is 0 Å². The van der Waals surface area contributed by atoms with E-state index in [1.54, 1.807) is 41.5 Å². The molecule has 0 aliphatic carbocycles. The van der Waals surface area contributed by atoms with E-state index in [1.165, 1.54) is 14.0 Å². The maximum Gasteiger partial charge on any atom is 0.509 e. The first-order valence-electron chi connectivity index (χ1n) is 17.9. The summed E-state index contributed by atoms with van der Waals surface area (Å²) in [6, 6.07) is 9.13. The number of benzene rings is 1. The number of cyclic esters (lactones) is 1. The van der Waals surface area contributed by atoms with Crippen molar-refractivity contribution in [1.82, 2.24) is 4.90 Å². The summed E-state index contributed by atoms with van der Waals surface area (Å²) in [6.45, 7) is 13.7. The van der Waals surface area contributed by atoms with Crippen molar-refractivity contribution in [2.45, 2.75) is 135 Å². The van der Waals surface area contributed by atoms with Crippen molar-refractivity contribution in [3.05, 3.63) is 35.9 Å². The van der Waals surface area contributed by atoms with E-state index in [0.29, 0.717) is 6.61 Å². The lowest BCUT2D eigenvalue weighted by Gasteiger charge is -2.49. The number of likely N-dealkylation sites (N-methyl/N-ethyl adjacent to an activating group) is 1. The summed E-state index contributed by atoms with van der Waals surface area (Å²) >= 11 is 0. The predicted molar refractivity (Wildman–Crippen MR) is 184 cm³/mol. The summed E-state index contributed by atoms with van der Waals surface area (Å²) in [6.07, 6.45) is -7.34. The lowest BCUT2D eigenvalue weighted by molar-refractivity contribution is -0.318. The van der Waals surface area contributed by atoms with Crippen LogP contribution in [0, 0.1) is 23.7 Å². The number of aliphatic hydroxyl groups excluding tert-OH is 1. The number of methoxy groups -OCH3 is 1. The third-order valence-corrected chi connectivity index (χ3v) is 11.2. The maximum absolute atomic E-state index is 14.2. The van der Waals surface area contributed by atoms with Gasteiger partial charge < -0.3 is 43.2 Å². The Labute approximate surface area is 301 Å². The van der Waals surface area contributed by atoms with Crippen molar-refractivity contribution in [3.8, 4) is 0 Å². The van der Waals surface area contributed by atoms with E-state index in [0.717, 1.165) is 5.56 Å². The Kier molecular flexibility index (Phi) is 13.1. The third-order valence-electron chi connectivity index (χ3n) is 11.2. The van der Waals surface area contributed by atoms with Gasteiger partial charge in [0.05, 0.1) is 36.4 Å². The summed E-state index contributed by atoms with van der Waals surface area (Å²) in [5, 5.41) is 11.8. The second-order valence-corrected chi connectivity index (χ2v) is 15.1. The van der Waals surface area contributed by atoms with Gasteiger partial charge >= 0.3 is 12.1 Å². The molecule has 3 aliphatic rings. The zero-order valence-corrected chi connectivity index (χ0v) is 31.8. The van der Waals surface area contributed by atoms with Crippen LogP contribution in [0.4, 0.5) is 4.79 Å². The molecule has 0 unspecified atom stereocenters. The van der Waals surface area contributed by atoms with Gasteiger partial charge in [0.2, 0.25) is 0 Å². The molecule has 13 heteroatoms. The Bertz CT molecular complexity index is 1390. The SMILES string of the molecule is CC[C@H]1OC(=O)[C@H](C)C(=O)[C@H](C)[C@@H](O[C@@H]2O[C@H](C)[C@@H](OCc3ccccc3)[C@H](N(C)C)[C@H]2O)[C@](C)(OC)C[C@@H](C)C(=O)[C@H](C)[C@@H]2OC(=O)O[C@]12C. The van der Waals surface area contributed by atoms with E-state index < -0.39 is 102 Å². The highest BCUT2D eigenvalue weighted by molar-refractivity contribution is 6.00. The van der Waals surface area contributed by atoms with Gasteiger partial charge in [-0.1, -0.05) is 58.0 Å². The van der Waals surface area contributed by atoms with Crippen molar-refractivity contribution < 1.29 is 57.4 Å². The van der Waals surface area contributed by atoms with E-state index in [-0.39, 0.29) is 18.6 Å². The van der Waals surface area contributed by atoms with Crippen LogP contribution in [0.15, 0.2) is 30.3 Å². The van der Waals surface area contributed by atoms with Crippen LogP contribution in [-0.2, 0) is 54.1 Å². The molecule has 0 radical (unpaired) electrons. The van der Waals surface area contributed by atoms with Crippen LogP contribution in [0.1, 0.15) is 73.8 Å². The average molecular weight is 720 g/mol. The first kappa shape index (κ1) is 40.8. The second-order valence-electron chi connectivity index (χ2n) is 15.1. The summed E-state index contributed by atoms with van der Waals surface area (Å²) in [7, 11) is 5.12. The predicted octanol–water partition coefficient (Wildman–Crippen LogP) is 4.10. The molecule has 3 heterocycles. The summed E-state index contributed by atoms with van der Waals surface area (Å²) in [5.74, 6) is -5.33. The number of ether oxygens (including phenoxy) is 7. The van der Waals surface area contributed by atoms with Crippen LogP contribution >= 0.6 is 0 Å². The standard InChI is InChI=1S/C38H57NO12/c1-12-26-38(8)33(50-36(44)51-38)21(3)28(40)20(2)18-37(7,45-11)32(22(4)29(41)23(5)34(43)48-26)49-35-30(42)27(39(9)10)31(24(6)47-35)46-19-25-16-14-13-15-17-25/h13-17,20-24,26-27,30-33,35,42H,12,18-19H2,1-11H3/t20-,21+,22+,23-,24-,26-,27-,30-,31-,32-,33+,35+,37-,38-/m1/s1. The molecule has 3 saturated heterocycles. The van der Waals surface area contributed by atoms with Crippen LogP contribution in [-0.4, -0.2) is 115 Å². The van der Waals surface area contributed by atoms with Gasteiger partial charge in [-0.2, -0.15) is 0 Å². The van der Waals surface area contributed by atoms with Crippen LogP contribution in [0.2, 0.25) is 0 Å². The molecule has 1 aromatic rings. The molecule has 0 amide bonds. The van der Waals surface area contributed by atoms with Crippen molar-refractivity contribution in [1.29, 1.82) is 0 Å². The molecule has 4 rings (SSSR count). The highest BCUT2D eigenvalue weighted by atomic mass is 16.8. The monoisotopic (exact) mass is 719 g/mol. The molecule has 3 aliphatic heterocycles. The molecule has 286 valence electrons. The van der Waals surface area contributed by atoms with Gasteiger partial charge in [0.25, 0.3) is 0 Å². The second kappa shape index (κ2) is 16.4. The van der Waals surface area contributed by atoms with E-state index in [9.17, 15) is 24.3 Å². The van der Waals surface area contributed by atoms with Crippen molar-refractivity contribution >= 4 is 23.7 Å². The quantitative estimate of drug-likeness (QED) is 0.303. The third kappa shape index (κ3) is 8.34. The van der Waals surface area contributed by atoms with Gasteiger partial charge in [0.1, 0.15) is 30.0 Å². The number of hydrogen-bond acceptors (Lipinski definition) is 13. The zero-order chi connectivity index (χ0) is 38.0. The molecule has 14 atom stereocenters. The van der Waals surface area contributed by atoms with Crippen molar-refractivity contribution in [3.63, 3.8) is 0 Å². The molecular formula is C38H57NO12. The molecule has 3 fully saturated rings. The topological polar surface area (TPSA) is 156 Å². The number of hydrogen-bond donors (Lipinski definition) is 1. The molecule has 51 heavy (non-hydrogen) atoms. The minimum Gasteiger partial charge on any atom is -0.457 e. The molecule has 0 spiro atoms. The number of rotatable bonds is 8. The Morgan fingerprint density at radius 2 is 1.59 bits per heavy atom. The van der Waals surface area contributed by atoms with Gasteiger partial charge in [0, 0.05) is 18.9 Å². The number of ketones is 2. The minimum absolute atomic E-state index is 0.0848. The number of aliphatic hydroxyl groups is 1. The Balaban J connectivity index is 1.70. The number of carbonyl (C=O) groups is 4. The molecule has 13 nitrogen and oxygen atoms in total. The molecule has 0 aromatic heterocycles.